The zero-order valence-electron chi connectivity index (χ0n) is 20.5. The third-order valence-corrected chi connectivity index (χ3v) is 9.30. The fourth-order valence-electron chi connectivity index (χ4n) is 7.61. The number of aryl methyl sites for hydroxylation is 1. The number of nitrogens with zero attached hydrogens (tertiary/aromatic N) is 5. The molecule has 4 bridgehead atoms. The molecule has 4 fully saturated rings. The molecule has 7 rings (SSSR count). The highest BCUT2D eigenvalue weighted by molar-refractivity contribution is 9.10. The van der Waals surface area contributed by atoms with Crippen LogP contribution in [0.2, 0.25) is 5.02 Å². The average molecular weight is 588 g/mol. The van der Waals surface area contributed by atoms with Crippen molar-refractivity contribution in [3.05, 3.63) is 67.4 Å². The predicted octanol–water partition coefficient (Wildman–Crippen LogP) is 6.08. The Morgan fingerprint density at radius 2 is 1.92 bits per heavy atom. The largest absolute Gasteiger partial charge is 0.404 e. The zero-order valence-corrected chi connectivity index (χ0v) is 22.8. The van der Waals surface area contributed by atoms with Crippen LogP contribution in [0.3, 0.4) is 0 Å². The van der Waals surface area contributed by atoms with Crippen LogP contribution in [-0.4, -0.2) is 30.4 Å². The van der Waals surface area contributed by atoms with Gasteiger partial charge >= 0.3 is 5.82 Å². The van der Waals surface area contributed by atoms with Gasteiger partial charge in [-0.3, -0.25) is 9.48 Å². The molecule has 2 heterocycles. The lowest BCUT2D eigenvalue weighted by molar-refractivity contribution is -0.390. The molecule has 4 aliphatic rings. The number of nitrogens with one attached hydrogen (secondary N) is 1. The molecule has 2 atom stereocenters. The van der Waals surface area contributed by atoms with E-state index in [0.29, 0.717) is 40.1 Å². The second-order valence-corrected chi connectivity index (χ2v) is 12.7. The Morgan fingerprint density at radius 3 is 2.57 bits per heavy atom. The standard InChI is InChI=1S/C26H28BrClN6O3/c1-16-6-22(30-32(16)13-17-2-4-20(28)5-3-17)29-23(35)12-25-8-18-7-19(9-25)11-26(10-18,15-25)33-14-21(27)24(31-33)34(36)37/h2-6,14,18-19H,7-13,15H2,1H3,(H,29,30,35). The molecule has 37 heavy (non-hydrogen) atoms. The lowest BCUT2D eigenvalue weighted by Crippen LogP contribution is -2.57. The van der Waals surface area contributed by atoms with E-state index < -0.39 is 4.92 Å². The lowest BCUT2D eigenvalue weighted by atomic mass is 9.46. The molecule has 0 saturated heterocycles. The Morgan fingerprint density at radius 1 is 1.22 bits per heavy atom. The van der Waals surface area contributed by atoms with Crippen LogP contribution < -0.4 is 5.32 Å². The molecule has 2 unspecified atom stereocenters. The Bertz CT molecular complexity index is 1370. The van der Waals surface area contributed by atoms with E-state index in [4.69, 9.17) is 11.6 Å². The van der Waals surface area contributed by atoms with Gasteiger partial charge in [0.05, 0.1) is 23.4 Å². The maximum Gasteiger partial charge on any atom is 0.404 e. The molecule has 2 aromatic heterocycles. The summed E-state index contributed by atoms with van der Waals surface area (Å²) in [6.45, 7) is 2.57. The van der Waals surface area contributed by atoms with E-state index in [1.807, 2.05) is 46.6 Å². The van der Waals surface area contributed by atoms with Crippen molar-refractivity contribution in [3.63, 3.8) is 0 Å². The first-order valence-electron chi connectivity index (χ1n) is 12.6. The number of benzene rings is 1. The SMILES string of the molecule is Cc1cc(NC(=O)CC23CC4CC(C2)CC(n2cc(Br)c([N+](=O)[O-])n2)(C4)C3)nn1Cc1ccc(Cl)cc1. The molecule has 4 aliphatic carbocycles. The van der Waals surface area contributed by atoms with Crippen molar-refractivity contribution in [3.8, 4) is 0 Å². The summed E-state index contributed by atoms with van der Waals surface area (Å²) in [5, 5.41) is 24.2. The number of carbonyl (C=O) groups excluding carboxylic acids is 1. The number of anilines is 1. The number of amides is 1. The summed E-state index contributed by atoms with van der Waals surface area (Å²) in [4.78, 5) is 24.3. The van der Waals surface area contributed by atoms with Gasteiger partial charge in [-0.2, -0.15) is 9.78 Å². The van der Waals surface area contributed by atoms with Gasteiger partial charge in [0.2, 0.25) is 5.91 Å². The lowest BCUT2D eigenvalue weighted by Gasteiger charge is -2.61. The van der Waals surface area contributed by atoms with E-state index >= 15 is 0 Å². The molecule has 4 saturated carbocycles. The van der Waals surface area contributed by atoms with Crippen LogP contribution in [0.25, 0.3) is 0 Å². The molecule has 1 aromatic carbocycles. The summed E-state index contributed by atoms with van der Waals surface area (Å²) >= 11 is 9.31. The fraction of sp³-hybridized carbons (Fsp3) is 0.500. The molecule has 9 nitrogen and oxygen atoms in total. The average Bonchev–Trinajstić information content (AvgIpc) is 3.36. The minimum absolute atomic E-state index is 0.0270. The first-order valence-corrected chi connectivity index (χ1v) is 13.8. The van der Waals surface area contributed by atoms with Crippen LogP contribution in [0.4, 0.5) is 11.6 Å². The number of nitro groups is 1. The van der Waals surface area contributed by atoms with Crippen molar-refractivity contribution in [1.29, 1.82) is 0 Å². The summed E-state index contributed by atoms with van der Waals surface area (Å²) in [7, 11) is 0. The van der Waals surface area contributed by atoms with Crippen molar-refractivity contribution < 1.29 is 9.72 Å². The Labute approximate surface area is 227 Å². The number of carbonyl (C=O) groups is 1. The highest BCUT2D eigenvalue weighted by atomic mass is 79.9. The monoisotopic (exact) mass is 586 g/mol. The summed E-state index contributed by atoms with van der Waals surface area (Å²) < 4.78 is 4.12. The highest BCUT2D eigenvalue weighted by Crippen LogP contribution is 2.65. The number of rotatable bonds is 7. The Hall–Kier alpha value is -2.72. The smallest absolute Gasteiger partial charge is 0.358 e. The van der Waals surface area contributed by atoms with E-state index in [0.717, 1.165) is 43.4 Å². The van der Waals surface area contributed by atoms with Crippen LogP contribution in [0.15, 0.2) is 41.0 Å². The Balaban J connectivity index is 1.18. The maximum absolute atomic E-state index is 13.3. The third-order valence-electron chi connectivity index (χ3n) is 8.49. The predicted molar refractivity (Wildman–Crippen MR) is 142 cm³/mol. The van der Waals surface area contributed by atoms with Gasteiger partial charge in [-0.25, -0.2) is 0 Å². The summed E-state index contributed by atoms with van der Waals surface area (Å²) in [5.74, 6) is 1.41. The van der Waals surface area contributed by atoms with E-state index in [1.54, 1.807) is 6.20 Å². The molecular weight excluding hydrogens is 560 g/mol. The number of hydrogen-bond donors (Lipinski definition) is 1. The number of hydrogen-bond acceptors (Lipinski definition) is 5. The zero-order chi connectivity index (χ0) is 25.9. The van der Waals surface area contributed by atoms with E-state index in [1.165, 1.54) is 6.42 Å². The summed E-state index contributed by atoms with van der Waals surface area (Å²) in [6.07, 6.45) is 8.14. The van der Waals surface area contributed by atoms with E-state index in [2.05, 4.69) is 31.4 Å². The maximum atomic E-state index is 13.3. The van der Waals surface area contributed by atoms with Crippen molar-refractivity contribution >= 4 is 45.1 Å². The van der Waals surface area contributed by atoms with Crippen LogP contribution in [0.1, 0.15) is 56.2 Å². The summed E-state index contributed by atoms with van der Waals surface area (Å²) in [5.41, 5.74) is 1.66. The van der Waals surface area contributed by atoms with Gasteiger partial charge in [0.15, 0.2) is 5.82 Å². The van der Waals surface area contributed by atoms with Gasteiger partial charge in [-0.15, -0.1) is 0 Å². The Kier molecular flexibility index (Phi) is 5.95. The van der Waals surface area contributed by atoms with Gasteiger partial charge in [0.1, 0.15) is 4.47 Å². The topological polar surface area (TPSA) is 108 Å². The molecule has 11 heteroatoms. The van der Waals surface area contributed by atoms with Crippen LogP contribution >= 0.6 is 27.5 Å². The fourth-order valence-corrected chi connectivity index (χ4v) is 8.15. The molecule has 0 aliphatic heterocycles. The molecule has 3 aromatic rings. The van der Waals surface area contributed by atoms with Crippen LogP contribution in [-0.2, 0) is 16.9 Å². The minimum Gasteiger partial charge on any atom is -0.358 e. The molecular formula is C26H28BrClN6O3. The molecule has 1 amide bonds. The van der Waals surface area contributed by atoms with Gasteiger partial charge < -0.3 is 15.4 Å². The molecule has 0 radical (unpaired) electrons. The first kappa shape index (κ1) is 24.6. The molecule has 0 spiro atoms. The first-order chi connectivity index (χ1) is 17.6. The van der Waals surface area contributed by atoms with Crippen molar-refractivity contribution in [2.75, 3.05) is 5.32 Å². The number of aromatic nitrogens is 4. The van der Waals surface area contributed by atoms with Crippen molar-refractivity contribution in [2.24, 2.45) is 17.3 Å². The van der Waals surface area contributed by atoms with Gasteiger partial charge in [-0.1, -0.05) is 23.7 Å². The quantitative estimate of drug-likeness (QED) is 0.266. The van der Waals surface area contributed by atoms with Crippen molar-refractivity contribution in [2.45, 2.75) is 64.0 Å². The minimum atomic E-state index is -0.446. The van der Waals surface area contributed by atoms with Gasteiger partial charge in [-0.05, 0) is 101 Å². The van der Waals surface area contributed by atoms with Crippen molar-refractivity contribution in [1.82, 2.24) is 19.6 Å². The van der Waals surface area contributed by atoms with Gasteiger partial charge in [0, 0.05) is 23.2 Å². The van der Waals surface area contributed by atoms with Gasteiger partial charge in [0.25, 0.3) is 0 Å². The normalized spacial score (nSPS) is 28.0. The number of halogens is 2. The van der Waals surface area contributed by atoms with Crippen LogP contribution in [0.5, 0.6) is 0 Å². The second-order valence-electron chi connectivity index (χ2n) is 11.4. The second kappa shape index (κ2) is 8.94. The molecule has 1 N–H and O–H groups in total. The van der Waals surface area contributed by atoms with E-state index in [9.17, 15) is 14.9 Å². The van der Waals surface area contributed by atoms with Crippen LogP contribution in [0, 0.1) is 34.3 Å². The highest BCUT2D eigenvalue weighted by Gasteiger charge is 2.60. The van der Waals surface area contributed by atoms with E-state index in [-0.39, 0.29) is 22.7 Å². The summed E-state index contributed by atoms with van der Waals surface area (Å²) in [6, 6.07) is 9.55. The third kappa shape index (κ3) is 4.58. The molecule has 194 valence electrons.